The standard InChI is InChI=1S/C14H16N2O/c1-16-9-8-13(15-16)14(17)12-6-4-11(5-7-12)10-2-3-10/h4-10,14,17H,2-3H2,1H3. The van der Waals surface area contributed by atoms with E-state index in [1.54, 1.807) is 4.68 Å². The molecule has 1 N–H and O–H groups in total. The van der Waals surface area contributed by atoms with Gasteiger partial charge in [-0.25, -0.2) is 0 Å². The number of aromatic nitrogens is 2. The van der Waals surface area contributed by atoms with E-state index in [4.69, 9.17) is 0 Å². The van der Waals surface area contributed by atoms with Crippen LogP contribution in [0.4, 0.5) is 0 Å². The van der Waals surface area contributed by atoms with Crippen molar-refractivity contribution in [2.45, 2.75) is 24.9 Å². The third-order valence-electron chi connectivity index (χ3n) is 3.32. The number of benzene rings is 1. The monoisotopic (exact) mass is 228 g/mol. The molecule has 3 heteroatoms. The first kappa shape index (κ1) is 10.5. The highest BCUT2D eigenvalue weighted by atomic mass is 16.3. The third kappa shape index (κ3) is 2.11. The van der Waals surface area contributed by atoms with Crippen LogP contribution in [0.25, 0.3) is 0 Å². The van der Waals surface area contributed by atoms with Gasteiger partial charge < -0.3 is 5.11 Å². The van der Waals surface area contributed by atoms with Crippen molar-refractivity contribution in [3.05, 3.63) is 53.3 Å². The van der Waals surface area contributed by atoms with Gasteiger partial charge in [-0.2, -0.15) is 5.10 Å². The molecule has 0 amide bonds. The predicted octanol–water partition coefficient (Wildman–Crippen LogP) is 2.38. The molecule has 1 heterocycles. The number of aryl methyl sites for hydroxylation is 1. The fourth-order valence-corrected chi connectivity index (χ4v) is 2.12. The van der Waals surface area contributed by atoms with E-state index in [0.717, 1.165) is 11.5 Å². The Hall–Kier alpha value is -1.61. The zero-order chi connectivity index (χ0) is 11.8. The zero-order valence-electron chi connectivity index (χ0n) is 9.87. The molecule has 3 nitrogen and oxygen atoms in total. The van der Waals surface area contributed by atoms with Gasteiger partial charge in [-0.15, -0.1) is 0 Å². The van der Waals surface area contributed by atoms with Crippen LogP contribution >= 0.6 is 0 Å². The third-order valence-corrected chi connectivity index (χ3v) is 3.32. The molecular formula is C14H16N2O. The highest BCUT2D eigenvalue weighted by Gasteiger charge is 2.23. The minimum absolute atomic E-state index is 0.621. The first-order valence-electron chi connectivity index (χ1n) is 6.01. The number of aliphatic hydroxyl groups is 1. The van der Waals surface area contributed by atoms with Crippen molar-refractivity contribution in [1.29, 1.82) is 0 Å². The molecule has 1 aliphatic carbocycles. The number of hydrogen-bond acceptors (Lipinski definition) is 2. The van der Waals surface area contributed by atoms with Crippen molar-refractivity contribution >= 4 is 0 Å². The lowest BCUT2D eigenvalue weighted by Crippen LogP contribution is -2.01. The molecule has 1 unspecified atom stereocenters. The summed E-state index contributed by atoms with van der Waals surface area (Å²) in [4.78, 5) is 0. The van der Waals surface area contributed by atoms with Crippen LogP contribution in [0.15, 0.2) is 36.5 Å². The van der Waals surface area contributed by atoms with Crippen LogP contribution in [0.3, 0.4) is 0 Å². The SMILES string of the molecule is Cn1ccc(C(O)c2ccc(C3CC3)cc2)n1. The van der Waals surface area contributed by atoms with Crippen molar-refractivity contribution in [3.63, 3.8) is 0 Å². The highest BCUT2D eigenvalue weighted by molar-refractivity contribution is 5.31. The van der Waals surface area contributed by atoms with E-state index in [-0.39, 0.29) is 0 Å². The van der Waals surface area contributed by atoms with E-state index < -0.39 is 6.10 Å². The lowest BCUT2D eigenvalue weighted by molar-refractivity contribution is 0.214. The zero-order valence-corrected chi connectivity index (χ0v) is 9.87. The van der Waals surface area contributed by atoms with Crippen LogP contribution in [0.5, 0.6) is 0 Å². The maximum atomic E-state index is 10.2. The summed E-state index contributed by atoms with van der Waals surface area (Å²) in [5.41, 5.74) is 3.00. The fourth-order valence-electron chi connectivity index (χ4n) is 2.12. The Morgan fingerprint density at radius 3 is 2.47 bits per heavy atom. The highest BCUT2D eigenvalue weighted by Crippen LogP contribution is 2.40. The van der Waals surface area contributed by atoms with Gasteiger partial charge in [-0.3, -0.25) is 4.68 Å². The first-order valence-corrected chi connectivity index (χ1v) is 6.01. The van der Waals surface area contributed by atoms with E-state index >= 15 is 0 Å². The molecule has 0 saturated heterocycles. The van der Waals surface area contributed by atoms with Gasteiger partial charge in [0, 0.05) is 13.2 Å². The summed E-state index contributed by atoms with van der Waals surface area (Å²) in [6.07, 6.45) is 3.84. The molecule has 1 aromatic carbocycles. The summed E-state index contributed by atoms with van der Waals surface area (Å²) in [6, 6.07) is 10.1. The lowest BCUT2D eigenvalue weighted by Gasteiger charge is -2.09. The minimum Gasteiger partial charge on any atom is -0.382 e. The van der Waals surface area contributed by atoms with Crippen molar-refractivity contribution < 1.29 is 5.11 Å². The lowest BCUT2D eigenvalue weighted by atomic mass is 10.0. The van der Waals surface area contributed by atoms with Crippen LogP contribution in [0.1, 0.15) is 41.7 Å². The Labute approximate surface area is 101 Å². The van der Waals surface area contributed by atoms with Crippen LogP contribution in [-0.4, -0.2) is 14.9 Å². The van der Waals surface area contributed by atoms with Gasteiger partial charge in [0.25, 0.3) is 0 Å². The minimum atomic E-state index is -0.621. The molecule has 0 spiro atoms. The Bertz CT molecular complexity index is 511. The van der Waals surface area contributed by atoms with Crippen molar-refractivity contribution in [3.8, 4) is 0 Å². The van der Waals surface area contributed by atoms with Crippen LogP contribution in [0, 0.1) is 0 Å². The normalized spacial score (nSPS) is 17.1. The number of rotatable bonds is 3. The van der Waals surface area contributed by atoms with Crippen LogP contribution in [-0.2, 0) is 7.05 Å². The van der Waals surface area contributed by atoms with Gasteiger partial charge in [0.15, 0.2) is 0 Å². The molecule has 1 fully saturated rings. The van der Waals surface area contributed by atoms with E-state index in [1.165, 1.54) is 18.4 Å². The molecule has 17 heavy (non-hydrogen) atoms. The average Bonchev–Trinajstić information content (AvgIpc) is 3.11. The molecule has 1 aliphatic rings. The van der Waals surface area contributed by atoms with Gasteiger partial charge >= 0.3 is 0 Å². The van der Waals surface area contributed by atoms with Crippen LogP contribution in [0.2, 0.25) is 0 Å². The molecular weight excluding hydrogens is 212 g/mol. The first-order chi connectivity index (χ1) is 8.24. The summed E-state index contributed by atoms with van der Waals surface area (Å²) in [6.45, 7) is 0. The summed E-state index contributed by atoms with van der Waals surface area (Å²) < 4.78 is 1.71. The Balaban J connectivity index is 1.83. The Morgan fingerprint density at radius 2 is 1.94 bits per heavy atom. The Kier molecular flexibility index (Phi) is 2.48. The van der Waals surface area contributed by atoms with E-state index in [9.17, 15) is 5.11 Å². The maximum absolute atomic E-state index is 10.2. The summed E-state index contributed by atoms with van der Waals surface area (Å²) >= 11 is 0. The number of nitrogens with zero attached hydrogens (tertiary/aromatic N) is 2. The van der Waals surface area contributed by atoms with Gasteiger partial charge in [-0.1, -0.05) is 24.3 Å². The summed E-state index contributed by atoms with van der Waals surface area (Å²) in [5.74, 6) is 0.760. The van der Waals surface area contributed by atoms with Gasteiger partial charge in [0.2, 0.25) is 0 Å². The van der Waals surface area contributed by atoms with Gasteiger partial charge in [-0.05, 0) is 36.0 Å². The molecule has 0 bridgehead atoms. The quantitative estimate of drug-likeness (QED) is 0.875. The Morgan fingerprint density at radius 1 is 1.24 bits per heavy atom. The molecule has 0 radical (unpaired) electrons. The molecule has 1 aromatic heterocycles. The molecule has 3 rings (SSSR count). The molecule has 1 saturated carbocycles. The molecule has 1 atom stereocenters. The topological polar surface area (TPSA) is 38.0 Å². The maximum Gasteiger partial charge on any atom is 0.123 e. The van der Waals surface area contributed by atoms with Crippen molar-refractivity contribution in [1.82, 2.24) is 9.78 Å². The molecule has 0 aliphatic heterocycles. The average molecular weight is 228 g/mol. The van der Waals surface area contributed by atoms with Crippen LogP contribution < -0.4 is 0 Å². The molecule has 2 aromatic rings. The number of aliphatic hydroxyl groups excluding tert-OH is 1. The van der Waals surface area contributed by atoms with Gasteiger partial charge in [0.1, 0.15) is 6.10 Å². The smallest absolute Gasteiger partial charge is 0.123 e. The summed E-state index contributed by atoms with van der Waals surface area (Å²) in [7, 11) is 1.85. The summed E-state index contributed by atoms with van der Waals surface area (Å²) in [5, 5.41) is 14.4. The second-order valence-electron chi connectivity index (χ2n) is 4.76. The largest absolute Gasteiger partial charge is 0.382 e. The predicted molar refractivity (Wildman–Crippen MR) is 65.7 cm³/mol. The fraction of sp³-hybridized carbons (Fsp3) is 0.357. The van der Waals surface area contributed by atoms with Crippen molar-refractivity contribution in [2.75, 3.05) is 0 Å². The number of hydrogen-bond donors (Lipinski definition) is 1. The van der Waals surface area contributed by atoms with Crippen molar-refractivity contribution in [2.24, 2.45) is 7.05 Å². The second-order valence-corrected chi connectivity index (χ2v) is 4.76. The van der Waals surface area contributed by atoms with E-state index in [2.05, 4.69) is 17.2 Å². The molecule has 88 valence electrons. The van der Waals surface area contributed by atoms with Gasteiger partial charge in [0.05, 0.1) is 5.69 Å². The van der Waals surface area contributed by atoms with E-state index in [1.807, 2.05) is 31.4 Å². The second kappa shape index (κ2) is 4.00. The van der Waals surface area contributed by atoms with E-state index in [0.29, 0.717) is 5.69 Å².